The number of nitrogens with zero attached hydrogens (tertiary/aromatic N) is 4. The van der Waals surface area contributed by atoms with Crippen molar-refractivity contribution >= 4 is 34.7 Å². The Morgan fingerprint density at radius 1 is 1.26 bits per heavy atom. The van der Waals surface area contributed by atoms with Crippen molar-refractivity contribution in [2.24, 2.45) is 5.92 Å². The molecule has 4 rings (SSSR count). The van der Waals surface area contributed by atoms with Crippen LogP contribution in [0.25, 0.3) is 6.08 Å². The number of ether oxygens (including phenoxy) is 1. The Morgan fingerprint density at radius 3 is 2.71 bits per heavy atom. The molecule has 0 spiro atoms. The Kier molecular flexibility index (Phi) is 7.57. The number of likely N-dealkylation sites (tertiary alicyclic amines) is 1. The zero-order chi connectivity index (χ0) is 24.2. The molecule has 2 fully saturated rings. The molecule has 0 bridgehead atoms. The molecule has 34 heavy (non-hydrogen) atoms. The van der Waals surface area contributed by atoms with E-state index in [4.69, 9.17) is 0 Å². The van der Waals surface area contributed by atoms with Gasteiger partial charge in [0.25, 0.3) is 0 Å². The molecule has 180 valence electrons. The summed E-state index contributed by atoms with van der Waals surface area (Å²) in [4.78, 5) is 39.9. The van der Waals surface area contributed by atoms with E-state index in [0.29, 0.717) is 30.8 Å². The minimum absolute atomic E-state index is 0.00148. The summed E-state index contributed by atoms with van der Waals surface area (Å²) in [7, 11) is 1.30. The third kappa shape index (κ3) is 5.79. The maximum Gasteiger partial charge on any atom is 0.329 e. The summed E-state index contributed by atoms with van der Waals surface area (Å²) < 4.78 is 19.4. The van der Waals surface area contributed by atoms with Gasteiger partial charge in [-0.25, -0.2) is 9.18 Å². The monoisotopic (exact) mass is 486 g/mol. The highest BCUT2D eigenvalue weighted by Crippen LogP contribution is 2.40. The Hall–Kier alpha value is -2.85. The van der Waals surface area contributed by atoms with Crippen molar-refractivity contribution in [3.8, 4) is 0 Å². The summed E-state index contributed by atoms with van der Waals surface area (Å²) in [6, 6.07) is 5.77. The minimum Gasteiger partial charge on any atom is -0.468 e. The van der Waals surface area contributed by atoms with Gasteiger partial charge in [-0.05, 0) is 37.0 Å². The first-order chi connectivity index (χ1) is 16.4. The molecule has 2 unspecified atom stereocenters. The number of ketones is 1. The number of hydrogen-bond donors (Lipinski definition) is 0. The van der Waals surface area contributed by atoms with Gasteiger partial charge < -0.3 is 4.74 Å². The third-order valence-electron chi connectivity index (χ3n) is 5.99. The molecule has 8 nitrogen and oxygen atoms in total. The van der Waals surface area contributed by atoms with E-state index in [1.165, 1.54) is 42.9 Å². The van der Waals surface area contributed by atoms with E-state index in [1.54, 1.807) is 18.2 Å². The fraction of sp³-hybridized carbons (Fsp3) is 0.458. The van der Waals surface area contributed by atoms with Gasteiger partial charge in [-0.15, -0.1) is 0 Å². The van der Waals surface area contributed by atoms with Gasteiger partial charge >= 0.3 is 5.97 Å². The van der Waals surface area contributed by atoms with E-state index in [1.807, 2.05) is 11.0 Å². The number of hydrogen-bond acceptors (Lipinski definition) is 8. The second-order valence-electron chi connectivity index (χ2n) is 8.55. The number of piperidine rings is 1. The third-order valence-corrected chi connectivity index (χ3v) is 7.14. The first-order valence-electron chi connectivity index (χ1n) is 11.2. The van der Waals surface area contributed by atoms with Crippen molar-refractivity contribution in [2.45, 2.75) is 44.0 Å². The zero-order valence-electron chi connectivity index (χ0n) is 19.1. The van der Waals surface area contributed by atoms with Crippen LogP contribution in [0.4, 0.5) is 4.39 Å². The van der Waals surface area contributed by atoms with Crippen LogP contribution < -0.4 is 0 Å². The number of halogens is 1. The van der Waals surface area contributed by atoms with E-state index < -0.39 is 17.8 Å². The molecule has 1 aliphatic carbocycles. The van der Waals surface area contributed by atoms with Gasteiger partial charge in [0.2, 0.25) is 0 Å². The summed E-state index contributed by atoms with van der Waals surface area (Å²) in [5.74, 6) is -0.835. The molecule has 2 heterocycles. The first-order valence-corrected chi connectivity index (χ1v) is 12.1. The van der Waals surface area contributed by atoms with Crippen LogP contribution in [0.2, 0.25) is 0 Å². The molecule has 1 aliphatic heterocycles. The SMILES string of the molecule is COC(=O)Cn1ncc(/C=C2\CN(C(C(=O)C3CC3)c3ccccc3F)CCC2SC(C)=O)n1. The van der Waals surface area contributed by atoms with Gasteiger partial charge in [-0.3, -0.25) is 14.5 Å². The molecule has 1 saturated carbocycles. The predicted molar refractivity (Wildman–Crippen MR) is 125 cm³/mol. The van der Waals surface area contributed by atoms with Crippen LogP contribution in [-0.2, 0) is 25.7 Å². The lowest BCUT2D eigenvalue weighted by Crippen LogP contribution is -2.43. The number of Topliss-reactive ketones (excluding diaryl/α,β-unsaturated/α-hetero) is 1. The summed E-state index contributed by atoms with van der Waals surface area (Å²) in [6.45, 7) is 2.38. The molecular formula is C24H27FN4O4S. The van der Waals surface area contributed by atoms with E-state index in [9.17, 15) is 18.8 Å². The van der Waals surface area contributed by atoms with Crippen LogP contribution in [0.1, 0.15) is 43.5 Å². The van der Waals surface area contributed by atoms with Crippen molar-refractivity contribution in [1.82, 2.24) is 19.9 Å². The van der Waals surface area contributed by atoms with Gasteiger partial charge in [-0.2, -0.15) is 15.0 Å². The highest BCUT2D eigenvalue weighted by Gasteiger charge is 2.41. The maximum absolute atomic E-state index is 14.8. The Balaban J connectivity index is 1.63. The standard InChI is InChI=1S/C24H27FN4O4S/c1-15(30)34-21-9-10-28(13-17(21)11-18-12-26-29(27-18)14-22(31)33-2)23(24(32)16-7-8-16)19-5-3-4-6-20(19)25/h3-6,11-12,16,21,23H,7-10,13-14H2,1-2H3/b17-11+. The van der Waals surface area contributed by atoms with Crippen molar-refractivity contribution < 1.29 is 23.5 Å². The fourth-order valence-electron chi connectivity index (χ4n) is 4.22. The van der Waals surface area contributed by atoms with Gasteiger partial charge in [0, 0.05) is 36.7 Å². The molecule has 0 radical (unpaired) electrons. The van der Waals surface area contributed by atoms with E-state index >= 15 is 0 Å². The van der Waals surface area contributed by atoms with E-state index in [0.717, 1.165) is 18.4 Å². The lowest BCUT2D eigenvalue weighted by atomic mass is 9.93. The van der Waals surface area contributed by atoms with Crippen LogP contribution in [0, 0.1) is 11.7 Å². The highest BCUT2D eigenvalue weighted by molar-refractivity contribution is 8.14. The van der Waals surface area contributed by atoms with Crippen molar-refractivity contribution in [3.63, 3.8) is 0 Å². The largest absolute Gasteiger partial charge is 0.468 e. The van der Waals surface area contributed by atoms with Crippen molar-refractivity contribution in [3.05, 3.63) is 53.1 Å². The summed E-state index contributed by atoms with van der Waals surface area (Å²) in [6.07, 6.45) is 5.69. The number of aromatic nitrogens is 3. The number of methoxy groups -OCH3 is 1. The predicted octanol–water partition coefficient (Wildman–Crippen LogP) is 3.05. The molecule has 2 aromatic rings. The van der Waals surface area contributed by atoms with Gasteiger partial charge in [0.1, 0.15) is 11.5 Å². The number of esters is 1. The van der Waals surface area contributed by atoms with Crippen LogP contribution in [0.3, 0.4) is 0 Å². The van der Waals surface area contributed by atoms with Crippen LogP contribution in [0.15, 0.2) is 36.0 Å². The average Bonchev–Trinajstić information content (AvgIpc) is 3.57. The molecule has 1 saturated heterocycles. The molecule has 0 amide bonds. The smallest absolute Gasteiger partial charge is 0.329 e. The first kappa shape index (κ1) is 24.3. The normalized spacial score (nSPS) is 20.8. The molecular weight excluding hydrogens is 459 g/mol. The summed E-state index contributed by atoms with van der Waals surface area (Å²) in [5.41, 5.74) is 1.83. The Labute approximate surface area is 201 Å². The Morgan fingerprint density at radius 2 is 2.03 bits per heavy atom. The van der Waals surface area contributed by atoms with E-state index in [2.05, 4.69) is 14.9 Å². The quantitative estimate of drug-likeness (QED) is 0.526. The maximum atomic E-state index is 14.8. The van der Waals surface area contributed by atoms with Crippen LogP contribution in [-0.4, -0.2) is 62.2 Å². The number of thioether (sulfide) groups is 1. The molecule has 2 aliphatic rings. The van der Waals surface area contributed by atoms with Crippen LogP contribution >= 0.6 is 11.8 Å². The number of carbonyl (C=O) groups is 3. The second kappa shape index (κ2) is 10.6. The number of rotatable bonds is 8. The lowest BCUT2D eigenvalue weighted by molar-refractivity contribution is -0.141. The van der Waals surface area contributed by atoms with Crippen molar-refractivity contribution in [1.29, 1.82) is 0 Å². The van der Waals surface area contributed by atoms with Gasteiger partial charge in [-0.1, -0.05) is 30.0 Å². The van der Waals surface area contributed by atoms with Gasteiger partial charge in [0.05, 0.1) is 19.3 Å². The number of benzene rings is 1. The van der Waals surface area contributed by atoms with Crippen LogP contribution in [0.5, 0.6) is 0 Å². The molecule has 0 N–H and O–H groups in total. The lowest BCUT2D eigenvalue weighted by Gasteiger charge is -2.38. The minimum atomic E-state index is -0.671. The summed E-state index contributed by atoms with van der Waals surface area (Å²) in [5, 5.41) is 8.32. The Bertz CT molecular complexity index is 1110. The number of carbonyl (C=O) groups excluding carboxylic acids is 3. The van der Waals surface area contributed by atoms with E-state index in [-0.39, 0.29) is 28.6 Å². The molecule has 1 aromatic carbocycles. The highest BCUT2D eigenvalue weighted by atomic mass is 32.2. The average molecular weight is 487 g/mol. The zero-order valence-corrected chi connectivity index (χ0v) is 20.0. The van der Waals surface area contributed by atoms with Gasteiger partial charge in [0.15, 0.2) is 17.4 Å². The summed E-state index contributed by atoms with van der Waals surface area (Å²) >= 11 is 1.24. The molecule has 1 aromatic heterocycles. The second-order valence-corrected chi connectivity index (χ2v) is 9.93. The van der Waals surface area contributed by atoms with Crippen molar-refractivity contribution in [2.75, 3.05) is 20.2 Å². The molecule has 10 heteroatoms. The fourth-order valence-corrected chi connectivity index (χ4v) is 5.14. The topological polar surface area (TPSA) is 94.4 Å². The molecule has 2 atom stereocenters.